The summed E-state index contributed by atoms with van der Waals surface area (Å²) in [4.78, 5) is 25.9. The van der Waals surface area contributed by atoms with Gasteiger partial charge < -0.3 is 10.4 Å². The Labute approximate surface area is 115 Å². The van der Waals surface area contributed by atoms with Crippen LogP contribution in [0.25, 0.3) is 0 Å². The van der Waals surface area contributed by atoms with Crippen molar-refractivity contribution >= 4 is 43.7 Å². The third-order valence-electron chi connectivity index (χ3n) is 1.92. The summed E-state index contributed by atoms with van der Waals surface area (Å²) in [6.45, 7) is 1.33. The number of carbonyl (C=O) groups excluding carboxylic acids is 1. The van der Waals surface area contributed by atoms with Crippen LogP contribution >= 0.6 is 31.9 Å². The van der Waals surface area contributed by atoms with E-state index in [4.69, 9.17) is 5.11 Å². The molecule has 5 nitrogen and oxygen atoms in total. The average molecular weight is 366 g/mol. The van der Waals surface area contributed by atoms with E-state index in [-0.39, 0.29) is 12.3 Å². The van der Waals surface area contributed by atoms with E-state index in [1.165, 1.54) is 6.92 Å². The molecule has 0 spiro atoms. The van der Waals surface area contributed by atoms with E-state index in [0.717, 1.165) is 4.47 Å². The van der Waals surface area contributed by atoms with Gasteiger partial charge in [-0.1, -0.05) is 0 Å². The number of carboxylic acid groups (broad SMARTS) is 1. The van der Waals surface area contributed by atoms with Crippen molar-refractivity contribution < 1.29 is 14.7 Å². The maximum atomic E-state index is 11.0. The van der Waals surface area contributed by atoms with Gasteiger partial charge in [0.05, 0.1) is 18.2 Å². The van der Waals surface area contributed by atoms with Gasteiger partial charge in [-0.25, -0.2) is 0 Å². The number of hydrogen-bond acceptors (Lipinski definition) is 3. The number of carbonyl (C=O) groups is 2. The first-order chi connectivity index (χ1) is 7.90. The van der Waals surface area contributed by atoms with E-state index in [2.05, 4.69) is 42.2 Å². The standard InChI is InChI=1S/C10H10Br2N2O3/c1-5(15)14-8(3-9(16)17)10-7(12)2-6(11)4-13-10/h2,4,8H,3H2,1H3,(H,14,15)(H,16,17)/t8-/m0/s1. The van der Waals surface area contributed by atoms with Gasteiger partial charge in [-0.15, -0.1) is 0 Å². The molecule has 1 aromatic rings. The number of aromatic nitrogens is 1. The topological polar surface area (TPSA) is 79.3 Å². The van der Waals surface area contributed by atoms with Crippen LogP contribution in [0.15, 0.2) is 21.2 Å². The molecular weight excluding hydrogens is 356 g/mol. The van der Waals surface area contributed by atoms with Crippen LogP contribution in [-0.2, 0) is 9.59 Å². The zero-order chi connectivity index (χ0) is 13.0. The van der Waals surface area contributed by atoms with Crippen molar-refractivity contribution in [2.24, 2.45) is 0 Å². The highest BCUT2D eigenvalue weighted by molar-refractivity contribution is 9.11. The molecule has 1 rings (SSSR count). The van der Waals surface area contributed by atoms with Gasteiger partial charge in [0.2, 0.25) is 5.91 Å². The molecule has 2 N–H and O–H groups in total. The fourth-order valence-electron chi connectivity index (χ4n) is 1.32. The third kappa shape index (κ3) is 4.43. The van der Waals surface area contributed by atoms with Crippen LogP contribution in [-0.4, -0.2) is 22.0 Å². The Morgan fingerprint density at radius 3 is 2.65 bits per heavy atom. The molecule has 0 aliphatic rings. The van der Waals surface area contributed by atoms with Crippen LogP contribution in [0.1, 0.15) is 25.1 Å². The van der Waals surface area contributed by atoms with Crippen LogP contribution in [0.5, 0.6) is 0 Å². The summed E-state index contributed by atoms with van der Waals surface area (Å²) < 4.78 is 1.41. The lowest BCUT2D eigenvalue weighted by Gasteiger charge is -2.16. The molecule has 0 unspecified atom stereocenters. The van der Waals surface area contributed by atoms with Gasteiger partial charge in [0.15, 0.2) is 0 Å². The maximum Gasteiger partial charge on any atom is 0.305 e. The minimum Gasteiger partial charge on any atom is -0.481 e. The Kier molecular flexibility index (Phi) is 5.07. The second-order valence-corrected chi connectivity index (χ2v) is 5.14. The molecule has 7 heteroatoms. The number of rotatable bonds is 4. The molecule has 0 aliphatic carbocycles. The van der Waals surface area contributed by atoms with Crippen molar-refractivity contribution in [2.75, 3.05) is 0 Å². The van der Waals surface area contributed by atoms with Crippen LogP contribution < -0.4 is 5.32 Å². The summed E-state index contributed by atoms with van der Waals surface area (Å²) in [7, 11) is 0. The summed E-state index contributed by atoms with van der Waals surface area (Å²) in [5.41, 5.74) is 0.491. The van der Waals surface area contributed by atoms with Gasteiger partial charge in [-0.2, -0.15) is 0 Å². The average Bonchev–Trinajstić information content (AvgIpc) is 2.14. The number of nitrogens with one attached hydrogen (secondary N) is 1. The van der Waals surface area contributed by atoms with Crippen molar-refractivity contribution in [1.82, 2.24) is 10.3 Å². The lowest BCUT2D eigenvalue weighted by Crippen LogP contribution is -2.29. The number of pyridine rings is 1. The van der Waals surface area contributed by atoms with Crippen LogP contribution in [0, 0.1) is 0 Å². The number of amides is 1. The molecule has 0 fully saturated rings. The Hall–Kier alpha value is -0.950. The Morgan fingerprint density at radius 2 is 2.18 bits per heavy atom. The first-order valence-corrected chi connectivity index (χ1v) is 6.28. The number of aliphatic carboxylic acids is 1. The first kappa shape index (κ1) is 14.1. The summed E-state index contributed by atoms with van der Waals surface area (Å²) in [5.74, 6) is -1.30. The van der Waals surface area contributed by atoms with Crippen molar-refractivity contribution in [3.05, 3.63) is 26.9 Å². The van der Waals surface area contributed by atoms with E-state index in [1.54, 1.807) is 12.3 Å². The quantitative estimate of drug-likeness (QED) is 0.857. The summed E-state index contributed by atoms with van der Waals surface area (Å²) in [5, 5.41) is 11.4. The van der Waals surface area contributed by atoms with Gasteiger partial charge in [-0.05, 0) is 37.9 Å². The van der Waals surface area contributed by atoms with Crippen molar-refractivity contribution in [3.63, 3.8) is 0 Å². The Balaban J connectivity index is 3.02. The second-order valence-electron chi connectivity index (χ2n) is 3.37. The SMILES string of the molecule is CC(=O)N[C@@H](CC(=O)O)c1ncc(Br)cc1Br. The molecule has 0 saturated heterocycles. The predicted octanol–water partition coefficient (Wildman–Crippen LogP) is 2.26. The highest BCUT2D eigenvalue weighted by atomic mass is 79.9. The molecule has 1 atom stereocenters. The molecule has 17 heavy (non-hydrogen) atoms. The molecule has 1 amide bonds. The molecule has 0 aliphatic heterocycles. The van der Waals surface area contributed by atoms with Crippen LogP contribution in [0.3, 0.4) is 0 Å². The molecular formula is C10H10Br2N2O3. The van der Waals surface area contributed by atoms with E-state index in [9.17, 15) is 9.59 Å². The van der Waals surface area contributed by atoms with E-state index >= 15 is 0 Å². The highest BCUT2D eigenvalue weighted by Gasteiger charge is 2.20. The predicted molar refractivity (Wildman–Crippen MR) is 68.4 cm³/mol. The van der Waals surface area contributed by atoms with Crippen molar-refractivity contribution in [2.45, 2.75) is 19.4 Å². The van der Waals surface area contributed by atoms with Gasteiger partial charge in [0.25, 0.3) is 0 Å². The Morgan fingerprint density at radius 1 is 1.53 bits per heavy atom. The van der Waals surface area contributed by atoms with Crippen molar-refractivity contribution in [3.8, 4) is 0 Å². The first-order valence-electron chi connectivity index (χ1n) is 4.70. The molecule has 92 valence electrons. The van der Waals surface area contributed by atoms with Gasteiger partial charge in [0, 0.05) is 22.1 Å². The zero-order valence-corrected chi connectivity index (χ0v) is 12.1. The fourth-order valence-corrected chi connectivity index (χ4v) is 2.58. The van der Waals surface area contributed by atoms with Gasteiger partial charge >= 0.3 is 5.97 Å². The molecule has 0 aromatic carbocycles. The number of carboxylic acids is 1. The lowest BCUT2D eigenvalue weighted by molar-refractivity contribution is -0.137. The second kappa shape index (κ2) is 6.11. The normalized spacial score (nSPS) is 11.9. The van der Waals surface area contributed by atoms with Crippen LogP contribution in [0.4, 0.5) is 0 Å². The maximum absolute atomic E-state index is 11.0. The lowest BCUT2D eigenvalue weighted by atomic mass is 10.1. The van der Waals surface area contributed by atoms with Crippen LogP contribution in [0.2, 0.25) is 0 Å². The summed E-state index contributed by atoms with van der Waals surface area (Å²) in [6, 6.07) is 1.10. The van der Waals surface area contributed by atoms with Gasteiger partial charge in [0.1, 0.15) is 0 Å². The molecule has 1 heterocycles. The zero-order valence-electron chi connectivity index (χ0n) is 8.91. The summed E-state index contributed by atoms with van der Waals surface area (Å²) >= 11 is 6.54. The smallest absolute Gasteiger partial charge is 0.305 e. The fraction of sp³-hybridized carbons (Fsp3) is 0.300. The highest BCUT2D eigenvalue weighted by Crippen LogP contribution is 2.26. The minimum absolute atomic E-state index is 0.215. The summed E-state index contributed by atoms with van der Waals surface area (Å²) in [6.07, 6.45) is 1.34. The number of hydrogen-bond donors (Lipinski definition) is 2. The minimum atomic E-state index is -1.000. The van der Waals surface area contributed by atoms with Gasteiger partial charge in [-0.3, -0.25) is 14.6 Å². The molecule has 0 saturated carbocycles. The molecule has 0 radical (unpaired) electrons. The monoisotopic (exact) mass is 364 g/mol. The van der Waals surface area contributed by atoms with E-state index in [1.807, 2.05) is 0 Å². The van der Waals surface area contributed by atoms with E-state index < -0.39 is 12.0 Å². The number of nitrogens with zero attached hydrogens (tertiary/aromatic N) is 1. The molecule has 1 aromatic heterocycles. The third-order valence-corrected chi connectivity index (χ3v) is 2.99. The number of halogens is 2. The molecule has 0 bridgehead atoms. The Bertz CT molecular complexity index is 435. The van der Waals surface area contributed by atoms with E-state index in [0.29, 0.717) is 10.2 Å². The largest absolute Gasteiger partial charge is 0.481 e. The van der Waals surface area contributed by atoms with Crippen molar-refractivity contribution in [1.29, 1.82) is 0 Å².